The molecule has 0 saturated heterocycles. The topological polar surface area (TPSA) is 62.4 Å². The number of fused-ring (bicyclic) bond motifs is 1. The highest BCUT2D eigenvalue weighted by Gasteiger charge is 2.33. The van der Waals surface area contributed by atoms with Crippen LogP contribution in [0.15, 0.2) is 81.3 Å². The average Bonchev–Trinajstić information content (AvgIpc) is 3.13. The normalized spacial score (nSPS) is 22.6. The number of hydrogen-bond acceptors (Lipinski definition) is 5. The summed E-state index contributed by atoms with van der Waals surface area (Å²) in [4.78, 5) is 4.40. The van der Waals surface area contributed by atoms with Gasteiger partial charge in [0.1, 0.15) is 5.83 Å². The fraction of sp³-hybridized carbons (Fsp3) is 0.417. The van der Waals surface area contributed by atoms with Crippen molar-refractivity contribution in [2.45, 2.75) is 56.9 Å². The van der Waals surface area contributed by atoms with Crippen LogP contribution in [-0.2, 0) is 0 Å². The SMILES string of the molecule is C=C(NC1=CC=C2NC=NC2C1)SC(C(C)N)C(CCCC)C1=C(F)C=CC=C=C1F. The van der Waals surface area contributed by atoms with Gasteiger partial charge in [-0.15, -0.1) is 11.8 Å². The number of aliphatic imine (C=N–C) groups is 1. The summed E-state index contributed by atoms with van der Waals surface area (Å²) in [6, 6.07) is -0.208. The minimum atomic E-state index is -0.660. The summed E-state index contributed by atoms with van der Waals surface area (Å²) in [6.07, 6.45) is 13.0. The van der Waals surface area contributed by atoms with Crippen LogP contribution >= 0.6 is 11.8 Å². The molecule has 4 N–H and O–H groups in total. The Balaban J connectivity index is 1.79. The zero-order valence-corrected chi connectivity index (χ0v) is 18.8. The third-order valence-electron chi connectivity index (χ3n) is 5.50. The van der Waals surface area contributed by atoms with Crippen LogP contribution in [-0.4, -0.2) is 23.7 Å². The lowest BCUT2D eigenvalue weighted by Gasteiger charge is -2.32. The van der Waals surface area contributed by atoms with E-state index >= 15 is 0 Å². The molecule has 7 heteroatoms. The van der Waals surface area contributed by atoms with Gasteiger partial charge < -0.3 is 16.4 Å². The molecule has 0 aromatic heterocycles. The highest BCUT2D eigenvalue weighted by molar-refractivity contribution is 8.03. The largest absolute Gasteiger partial charge is 0.354 e. The number of allylic oxidation sites excluding steroid dienone is 7. The molecule has 1 heterocycles. The van der Waals surface area contributed by atoms with Gasteiger partial charge in [-0.3, -0.25) is 4.99 Å². The van der Waals surface area contributed by atoms with Gasteiger partial charge in [-0.25, -0.2) is 4.39 Å². The van der Waals surface area contributed by atoms with Crippen LogP contribution < -0.4 is 16.4 Å². The Morgan fingerprint density at radius 3 is 3.00 bits per heavy atom. The number of rotatable bonds is 10. The van der Waals surface area contributed by atoms with Crippen LogP contribution in [0.5, 0.6) is 0 Å². The smallest absolute Gasteiger partial charge is 0.171 e. The zero-order chi connectivity index (χ0) is 22.4. The van der Waals surface area contributed by atoms with E-state index in [9.17, 15) is 8.78 Å². The first kappa shape index (κ1) is 23.3. The molecule has 4 unspecified atom stereocenters. The van der Waals surface area contributed by atoms with Gasteiger partial charge in [-0.1, -0.05) is 38.2 Å². The third-order valence-corrected chi connectivity index (χ3v) is 6.91. The predicted octanol–water partition coefficient (Wildman–Crippen LogP) is 5.28. The Morgan fingerprint density at radius 2 is 2.26 bits per heavy atom. The first-order chi connectivity index (χ1) is 14.9. The van der Waals surface area contributed by atoms with Crippen molar-refractivity contribution in [2.75, 3.05) is 0 Å². The second kappa shape index (κ2) is 10.8. The Kier molecular flexibility index (Phi) is 8.13. The average molecular weight is 445 g/mol. The minimum Gasteiger partial charge on any atom is -0.354 e. The van der Waals surface area contributed by atoms with Crippen LogP contribution in [0.2, 0.25) is 0 Å². The van der Waals surface area contributed by atoms with Crippen molar-refractivity contribution in [3.63, 3.8) is 0 Å². The van der Waals surface area contributed by atoms with Gasteiger partial charge in [0, 0.05) is 40.6 Å². The summed E-state index contributed by atoms with van der Waals surface area (Å²) in [6.45, 7) is 8.09. The first-order valence-corrected chi connectivity index (χ1v) is 11.5. The van der Waals surface area contributed by atoms with Crippen molar-refractivity contribution < 1.29 is 8.78 Å². The van der Waals surface area contributed by atoms with E-state index in [-0.39, 0.29) is 22.9 Å². The highest BCUT2D eigenvalue weighted by Crippen LogP contribution is 2.40. The second-order valence-electron chi connectivity index (χ2n) is 7.94. The molecule has 0 aromatic carbocycles. The fourth-order valence-corrected chi connectivity index (χ4v) is 5.12. The van der Waals surface area contributed by atoms with E-state index in [1.165, 1.54) is 30.0 Å². The van der Waals surface area contributed by atoms with Gasteiger partial charge in [0.2, 0.25) is 0 Å². The van der Waals surface area contributed by atoms with Crippen molar-refractivity contribution in [3.05, 3.63) is 76.3 Å². The maximum Gasteiger partial charge on any atom is 0.171 e. The van der Waals surface area contributed by atoms with E-state index in [0.717, 1.165) is 30.7 Å². The van der Waals surface area contributed by atoms with Gasteiger partial charge in [0.15, 0.2) is 5.83 Å². The number of halogens is 2. The monoisotopic (exact) mass is 444 g/mol. The lowest BCUT2D eigenvalue weighted by atomic mass is 9.86. The van der Waals surface area contributed by atoms with Crippen LogP contribution in [0.1, 0.15) is 39.5 Å². The van der Waals surface area contributed by atoms with Crippen LogP contribution in [0.4, 0.5) is 8.78 Å². The van der Waals surface area contributed by atoms with E-state index in [4.69, 9.17) is 5.73 Å². The molecule has 0 saturated carbocycles. The highest BCUT2D eigenvalue weighted by atomic mass is 32.2. The molecule has 3 rings (SSSR count). The molecule has 2 aliphatic carbocycles. The molecule has 0 amide bonds. The van der Waals surface area contributed by atoms with E-state index in [1.54, 1.807) is 6.34 Å². The number of nitrogens with one attached hydrogen (secondary N) is 2. The summed E-state index contributed by atoms with van der Waals surface area (Å²) in [7, 11) is 0. The molecular weight excluding hydrogens is 414 g/mol. The van der Waals surface area contributed by atoms with Crippen molar-refractivity contribution in [3.8, 4) is 0 Å². The Bertz CT molecular complexity index is 920. The van der Waals surface area contributed by atoms with Crippen molar-refractivity contribution >= 4 is 18.1 Å². The molecule has 4 atom stereocenters. The lowest BCUT2D eigenvalue weighted by molar-refractivity contribution is 0.443. The first-order valence-electron chi connectivity index (χ1n) is 10.7. The van der Waals surface area contributed by atoms with Crippen molar-refractivity contribution in [1.82, 2.24) is 10.6 Å². The maximum absolute atomic E-state index is 14.8. The van der Waals surface area contributed by atoms with E-state index in [0.29, 0.717) is 11.4 Å². The third kappa shape index (κ3) is 5.88. The van der Waals surface area contributed by atoms with E-state index in [2.05, 4.69) is 34.9 Å². The number of thioether (sulfide) groups is 1. The Hall–Kier alpha value is -2.34. The number of unbranched alkanes of at least 4 members (excludes halogenated alkanes) is 1. The van der Waals surface area contributed by atoms with Gasteiger partial charge >= 0.3 is 0 Å². The van der Waals surface area contributed by atoms with Crippen LogP contribution in [0.25, 0.3) is 0 Å². The summed E-state index contributed by atoms with van der Waals surface area (Å²) >= 11 is 1.45. The standard InChI is InChI=1S/C24H30F2N4S/c1-4-5-8-18(23-19(25)9-6-7-10-20(23)26)24(15(2)27)31-16(3)30-17-11-12-21-22(13-17)29-14-28-21/h6-7,9,11-12,14-15,18,22,24,30H,3-5,8,13,27H2,1-2H3,(H,28,29). The number of nitrogens with two attached hydrogens (primary N) is 1. The Morgan fingerprint density at radius 1 is 1.45 bits per heavy atom. The summed E-state index contributed by atoms with van der Waals surface area (Å²) in [5.74, 6) is -1.63. The summed E-state index contributed by atoms with van der Waals surface area (Å²) in [5.41, 5.74) is 11.0. The van der Waals surface area contributed by atoms with Gasteiger partial charge in [-0.05, 0) is 37.6 Å². The predicted molar refractivity (Wildman–Crippen MR) is 126 cm³/mol. The minimum absolute atomic E-state index is 0.0527. The van der Waals surface area contributed by atoms with Gasteiger partial charge in [-0.2, -0.15) is 4.39 Å². The Labute approximate surface area is 187 Å². The van der Waals surface area contributed by atoms with Gasteiger partial charge in [0.25, 0.3) is 0 Å². The molecular formula is C24H30F2N4S. The second-order valence-corrected chi connectivity index (χ2v) is 9.21. The maximum atomic E-state index is 14.8. The van der Waals surface area contributed by atoms with Crippen molar-refractivity contribution in [2.24, 2.45) is 16.6 Å². The fourth-order valence-electron chi connectivity index (χ4n) is 3.95. The molecule has 4 nitrogen and oxygen atoms in total. The van der Waals surface area contributed by atoms with Gasteiger partial charge in [0.05, 0.1) is 17.4 Å². The summed E-state index contributed by atoms with van der Waals surface area (Å²) < 4.78 is 29.7. The van der Waals surface area contributed by atoms with E-state index < -0.39 is 17.6 Å². The van der Waals surface area contributed by atoms with E-state index in [1.807, 2.05) is 19.1 Å². The van der Waals surface area contributed by atoms with Crippen LogP contribution in [0, 0.1) is 5.92 Å². The molecule has 31 heavy (non-hydrogen) atoms. The molecule has 3 aliphatic rings. The van der Waals surface area contributed by atoms with Crippen molar-refractivity contribution in [1.29, 1.82) is 0 Å². The number of nitrogens with zero attached hydrogens (tertiary/aromatic N) is 1. The number of hydrogen-bond donors (Lipinski definition) is 3. The molecule has 1 aliphatic heterocycles. The lowest BCUT2D eigenvalue weighted by Crippen LogP contribution is -2.37. The summed E-state index contributed by atoms with van der Waals surface area (Å²) in [5, 5.41) is 6.92. The molecule has 0 bridgehead atoms. The zero-order valence-electron chi connectivity index (χ0n) is 18.0. The molecule has 0 aromatic rings. The molecule has 0 spiro atoms. The molecule has 166 valence electrons. The van der Waals surface area contributed by atoms with Crippen LogP contribution in [0.3, 0.4) is 0 Å². The molecule has 0 radical (unpaired) electrons. The molecule has 0 fully saturated rings. The quantitative estimate of drug-likeness (QED) is 0.402.